The molecule has 8 heteroatoms. The predicted octanol–water partition coefficient (Wildman–Crippen LogP) is 4.28. The molecule has 0 amide bonds. The molecule has 2 aromatic carbocycles. The molecular formula is C19H13F3N4O. The normalized spacial score (nSPS) is 21.4. The maximum absolute atomic E-state index is 14.5. The van der Waals surface area contributed by atoms with Gasteiger partial charge in [-0.25, -0.2) is 4.98 Å². The summed E-state index contributed by atoms with van der Waals surface area (Å²) in [6, 6.07) is 15.2. The van der Waals surface area contributed by atoms with Crippen molar-refractivity contribution in [2.24, 2.45) is 5.10 Å². The molecule has 136 valence electrons. The van der Waals surface area contributed by atoms with Crippen LogP contribution in [-0.2, 0) is 10.6 Å². The Kier molecular flexibility index (Phi) is 3.02. The van der Waals surface area contributed by atoms with E-state index < -0.39 is 12.0 Å². The second-order valence-electron chi connectivity index (χ2n) is 6.37. The van der Waals surface area contributed by atoms with Gasteiger partial charge < -0.3 is 4.74 Å². The van der Waals surface area contributed by atoms with Crippen molar-refractivity contribution in [3.05, 3.63) is 71.7 Å². The van der Waals surface area contributed by atoms with Crippen molar-refractivity contribution < 1.29 is 17.9 Å². The third-order valence-corrected chi connectivity index (χ3v) is 4.67. The Morgan fingerprint density at radius 2 is 1.70 bits per heavy atom. The van der Waals surface area contributed by atoms with E-state index in [-0.39, 0.29) is 11.7 Å². The first-order chi connectivity index (χ1) is 12.9. The van der Waals surface area contributed by atoms with Crippen molar-refractivity contribution in [2.75, 3.05) is 0 Å². The zero-order valence-electron chi connectivity index (χ0n) is 14.1. The fourth-order valence-electron chi connectivity index (χ4n) is 3.53. The van der Waals surface area contributed by atoms with E-state index in [9.17, 15) is 13.2 Å². The molecule has 5 rings (SSSR count). The van der Waals surface area contributed by atoms with Gasteiger partial charge in [0.05, 0.1) is 11.0 Å². The molecule has 27 heavy (non-hydrogen) atoms. The Balaban J connectivity index is 1.80. The number of imidazole rings is 1. The van der Waals surface area contributed by atoms with Crippen LogP contribution in [0.5, 0.6) is 0 Å². The molecule has 0 bridgehead atoms. The number of allylic oxidation sites excluding steroid dienone is 1. The van der Waals surface area contributed by atoms with E-state index in [0.29, 0.717) is 22.3 Å². The van der Waals surface area contributed by atoms with Gasteiger partial charge in [-0.3, -0.25) is 4.57 Å². The summed E-state index contributed by atoms with van der Waals surface area (Å²) in [6.07, 6.45) is -3.20. The monoisotopic (exact) mass is 370 g/mol. The molecule has 0 N–H and O–H groups in total. The summed E-state index contributed by atoms with van der Waals surface area (Å²) in [4.78, 5) is 4.35. The van der Waals surface area contributed by atoms with Crippen LogP contribution in [0, 0.1) is 0 Å². The molecule has 1 atom stereocenters. The molecule has 5 nitrogen and oxygen atoms in total. The molecule has 1 aromatic heterocycles. The van der Waals surface area contributed by atoms with Crippen LogP contribution >= 0.6 is 0 Å². The van der Waals surface area contributed by atoms with Crippen molar-refractivity contribution in [1.29, 1.82) is 0 Å². The average Bonchev–Trinajstić information content (AvgIpc) is 3.21. The van der Waals surface area contributed by atoms with Crippen LogP contribution in [0.1, 0.15) is 18.3 Å². The molecule has 3 aromatic rings. The van der Waals surface area contributed by atoms with Crippen molar-refractivity contribution in [2.45, 2.75) is 18.9 Å². The van der Waals surface area contributed by atoms with Crippen LogP contribution in [0.3, 0.4) is 0 Å². The van der Waals surface area contributed by atoms with Gasteiger partial charge in [0.15, 0.2) is 0 Å². The number of nitrogens with zero attached hydrogens (tertiary/aromatic N) is 4. The molecule has 0 saturated heterocycles. The summed E-state index contributed by atoms with van der Waals surface area (Å²) in [7, 11) is 0. The van der Waals surface area contributed by atoms with Crippen molar-refractivity contribution in [1.82, 2.24) is 14.6 Å². The summed E-state index contributed by atoms with van der Waals surface area (Å²) < 4.78 is 50.2. The third-order valence-electron chi connectivity index (χ3n) is 4.67. The van der Waals surface area contributed by atoms with Crippen LogP contribution in [0.2, 0.25) is 0 Å². The average molecular weight is 370 g/mol. The minimum absolute atomic E-state index is 0.0914. The lowest BCUT2D eigenvalue weighted by Crippen LogP contribution is -2.58. The number of hydrogen-bond donors (Lipinski definition) is 0. The molecule has 0 saturated carbocycles. The second kappa shape index (κ2) is 5.12. The SMILES string of the molecule is CC1=Cc2nc3ccccc3n2[C@]2(C(F)(F)F)OC(c3ccccc3)=NN12. The highest BCUT2D eigenvalue weighted by Gasteiger charge is 2.69. The maximum Gasteiger partial charge on any atom is 0.474 e. The number of hydrogen-bond acceptors (Lipinski definition) is 4. The lowest BCUT2D eigenvalue weighted by molar-refractivity contribution is -0.333. The van der Waals surface area contributed by atoms with Gasteiger partial charge in [0.1, 0.15) is 5.82 Å². The summed E-state index contributed by atoms with van der Waals surface area (Å²) in [5, 5.41) is 5.06. The number of rotatable bonds is 1. The summed E-state index contributed by atoms with van der Waals surface area (Å²) in [5.74, 6) is -2.74. The standard InChI is InChI=1S/C19H13F3N4O/c1-12-11-16-23-14-9-5-6-10-15(14)25(16)19(18(20,21)22)26(12)24-17(27-19)13-7-3-2-4-8-13/h2-11H,1H3/t19-/m0/s1. The first-order valence-electron chi connectivity index (χ1n) is 8.28. The number of benzene rings is 2. The molecule has 0 unspecified atom stereocenters. The summed E-state index contributed by atoms with van der Waals surface area (Å²) >= 11 is 0. The fourth-order valence-corrected chi connectivity index (χ4v) is 3.53. The van der Waals surface area contributed by atoms with Gasteiger partial charge in [0, 0.05) is 17.3 Å². The fraction of sp³-hybridized carbons (Fsp3) is 0.158. The number of ether oxygens (including phenoxy) is 1. The number of hydrazone groups is 1. The molecule has 2 aliphatic heterocycles. The molecule has 0 fully saturated rings. The lowest BCUT2D eigenvalue weighted by atomic mass is 10.2. The number of alkyl halides is 3. The summed E-state index contributed by atoms with van der Waals surface area (Å²) in [6.45, 7) is 1.56. The first-order valence-corrected chi connectivity index (χ1v) is 8.28. The van der Waals surface area contributed by atoms with Gasteiger partial charge in [-0.2, -0.15) is 18.2 Å². The van der Waals surface area contributed by atoms with Crippen LogP contribution in [-0.4, -0.2) is 26.6 Å². The van der Waals surface area contributed by atoms with Crippen LogP contribution in [0.15, 0.2) is 65.4 Å². The zero-order chi connectivity index (χ0) is 18.8. The number of halogens is 3. The van der Waals surface area contributed by atoms with E-state index in [1.54, 1.807) is 67.6 Å². The van der Waals surface area contributed by atoms with E-state index in [0.717, 1.165) is 9.58 Å². The minimum Gasteiger partial charge on any atom is -0.421 e. The van der Waals surface area contributed by atoms with E-state index in [2.05, 4.69) is 10.1 Å². The molecule has 0 radical (unpaired) electrons. The Morgan fingerprint density at radius 3 is 2.44 bits per heavy atom. The van der Waals surface area contributed by atoms with Gasteiger partial charge in [-0.1, -0.05) is 30.3 Å². The van der Waals surface area contributed by atoms with Gasteiger partial charge in [0.2, 0.25) is 5.90 Å². The highest BCUT2D eigenvalue weighted by Crippen LogP contribution is 2.51. The van der Waals surface area contributed by atoms with Crippen molar-refractivity contribution in [3.63, 3.8) is 0 Å². The minimum atomic E-state index is -4.78. The predicted molar refractivity (Wildman–Crippen MR) is 93.3 cm³/mol. The van der Waals surface area contributed by atoms with Gasteiger partial charge in [-0.15, -0.1) is 5.10 Å². The first kappa shape index (κ1) is 15.9. The Labute approximate surface area is 152 Å². The van der Waals surface area contributed by atoms with E-state index in [4.69, 9.17) is 4.74 Å². The Hall–Kier alpha value is -3.29. The van der Waals surface area contributed by atoms with Crippen LogP contribution in [0.25, 0.3) is 17.1 Å². The second-order valence-corrected chi connectivity index (χ2v) is 6.37. The van der Waals surface area contributed by atoms with Crippen molar-refractivity contribution in [3.8, 4) is 0 Å². The number of para-hydroxylation sites is 2. The molecule has 0 aliphatic carbocycles. The Bertz CT molecular complexity index is 1120. The Morgan fingerprint density at radius 1 is 1.00 bits per heavy atom. The van der Waals surface area contributed by atoms with Gasteiger partial charge in [-0.05, 0) is 31.2 Å². The van der Waals surface area contributed by atoms with E-state index in [1.165, 1.54) is 0 Å². The third kappa shape index (κ3) is 2.00. The molecular weight excluding hydrogens is 357 g/mol. The van der Waals surface area contributed by atoms with E-state index in [1.807, 2.05) is 0 Å². The zero-order valence-corrected chi connectivity index (χ0v) is 14.1. The maximum atomic E-state index is 14.5. The molecule has 3 heterocycles. The largest absolute Gasteiger partial charge is 0.474 e. The summed E-state index contributed by atoms with van der Waals surface area (Å²) in [5.41, 5.74) is 1.54. The van der Waals surface area contributed by atoms with Crippen LogP contribution < -0.4 is 0 Å². The van der Waals surface area contributed by atoms with Crippen LogP contribution in [0.4, 0.5) is 13.2 Å². The van der Waals surface area contributed by atoms with Crippen molar-refractivity contribution >= 4 is 23.0 Å². The highest BCUT2D eigenvalue weighted by atomic mass is 19.4. The van der Waals surface area contributed by atoms with Gasteiger partial charge >= 0.3 is 12.0 Å². The van der Waals surface area contributed by atoms with Gasteiger partial charge in [0.25, 0.3) is 0 Å². The highest BCUT2D eigenvalue weighted by molar-refractivity contribution is 5.95. The van der Waals surface area contributed by atoms with E-state index >= 15 is 0 Å². The quantitative estimate of drug-likeness (QED) is 0.642. The topological polar surface area (TPSA) is 42.6 Å². The number of aromatic nitrogens is 2. The molecule has 2 aliphatic rings. The lowest BCUT2D eigenvalue weighted by Gasteiger charge is -2.41. The molecule has 0 spiro atoms. The smallest absolute Gasteiger partial charge is 0.421 e. The number of fused-ring (bicyclic) bond motifs is 5.